The van der Waals surface area contributed by atoms with Gasteiger partial charge < -0.3 is 17.8 Å². The first kappa shape index (κ1) is 34.1. The van der Waals surface area contributed by atoms with E-state index >= 15 is 0 Å². The third kappa shape index (κ3) is 6.88. The van der Waals surface area contributed by atoms with E-state index in [4.69, 9.17) is 9.47 Å². The Morgan fingerprint density at radius 3 is 1.98 bits per heavy atom. The third-order valence-corrected chi connectivity index (χ3v) is 10.9. The second-order valence-corrected chi connectivity index (χ2v) is 15.1. The van der Waals surface area contributed by atoms with Crippen molar-refractivity contribution < 1.29 is 61.0 Å². The molecule has 1 aromatic heterocycles. The van der Waals surface area contributed by atoms with Crippen molar-refractivity contribution in [1.82, 2.24) is 4.90 Å². The van der Waals surface area contributed by atoms with E-state index in [9.17, 15) is 43.2 Å². The fraction of sp³-hybridized carbons (Fsp3) is 0.333. The molecule has 4 aromatic rings. The summed E-state index contributed by atoms with van der Waals surface area (Å²) in [6, 6.07) is 13.7. The Morgan fingerprint density at radius 1 is 0.771 bits per heavy atom. The highest BCUT2D eigenvalue weighted by Gasteiger charge is 2.49. The van der Waals surface area contributed by atoms with Gasteiger partial charge in [-0.25, -0.2) is 0 Å². The van der Waals surface area contributed by atoms with Crippen molar-refractivity contribution in [3.63, 3.8) is 0 Å². The van der Waals surface area contributed by atoms with Gasteiger partial charge in [-0.05, 0) is 74.0 Å². The van der Waals surface area contributed by atoms with Crippen LogP contribution >= 0.6 is 11.3 Å². The van der Waals surface area contributed by atoms with Gasteiger partial charge >= 0.3 is 31.3 Å². The largest absolute Gasteiger partial charge is 0.534 e. The predicted octanol–water partition coefficient (Wildman–Crippen LogP) is 7.37. The molecule has 0 spiro atoms. The van der Waals surface area contributed by atoms with Crippen LogP contribution in [0.2, 0.25) is 0 Å². The van der Waals surface area contributed by atoms with Gasteiger partial charge in [0.2, 0.25) is 0 Å². The number of alkyl halides is 6. The highest BCUT2D eigenvalue weighted by molar-refractivity contribution is 7.88. The molecule has 1 fully saturated rings. The lowest BCUT2D eigenvalue weighted by molar-refractivity contribution is -0.0504. The van der Waals surface area contributed by atoms with E-state index in [2.05, 4.69) is 13.3 Å². The number of ether oxygens (including phenoxy) is 2. The number of nitrogens with zero attached hydrogens (tertiary/aromatic N) is 1. The maximum Gasteiger partial charge on any atom is 0.534 e. The van der Waals surface area contributed by atoms with Crippen LogP contribution in [-0.2, 0) is 20.2 Å². The Morgan fingerprint density at radius 2 is 1.35 bits per heavy atom. The van der Waals surface area contributed by atoms with Crippen molar-refractivity contribution in [1.29, 1.82) is 0 Å². The Balaban J connectivity index is 1.35. The standard InChI is InChI=1S/C30H25F6NO8S3/c31-29(32,33)47(38,39)44-20-8-10-22-24(16-20)43-27(18-4-6-19(7-5-18)42-15-14-37-12-2-1-3-13-37)26-23-11-9-21(17-25(23)46-28(22)26)45-48(40,41)30(34,35)36/h4-11,16-17,27H,1-3,12-15H2. The van der Waals surface area contributed by atoms with Crippen molar-refractivity contribution >= 4 is 41.7 Å². The fourth-order valence-electron chi connectivity index (χ4n) is 5.43. The van der Waals surface area contributed by atoms with Gasteiger partial charge in [0.25, 0.3) is 0 Å². The first-order chi connectivity index (χ1) is 22.5. The summed E-state index contributed by atoms with van der Waals surface area (Å²) >= 11 is 1.04. The SMILES string of the molecule is O=S(=O)(Oc1ccc2c(c1)OC(c1ccc(OCCN3CCCCC3)cc1)c1c-2sc2cc(OS(=O)(=O)C(F)(F)F)ccc12)C(F)(F)F. The smallest absolute Gasteiger partial charge is 0.492 e. The molecule has 3 aromatic carbocycles. The lowest BCUT2D eigenvalue weighted by Crippen LogP contribution is -2.33. The zero-order valence-corrected chi connectivity index (χ0v) is 27.0. The molecule has 0 saturated carbocycles. The molecule has 0 bridgehead atoms. The molecule has 0 aliphatic carbocycles. The molecule has 48 heavy (non-hydrogen) atoms. The number of hydrogen-bond acceptors (Lipinski definition) is 10. The number of benzene rings is 3. The van der Waals surface area contributed by atoms with Crippen LogP contribution in [0.4, 0.5) is 26.3 Å². The van der Waals surface area contributed by atoms with Crippen LogP contribution in [-0.4, -0.2) is 59.0 Å². The van der Waals surface area contributed by atoms with Gasteiger partial charge in [0.1, 0.15) is 29.6 Å². The molecule has 0 N–H and O–H groups in total. The molecule has 2 aliphatic rings. The van der Waals surface area contributed by atoms with Crippen molar-refractivity contribution in [2.45, 2.75) is 36.4 Å². The van der Waals surface area contributed by atoms with Crippen molar-refractivity contribution in [2.75, 3.05) is 26.2 Å². The molecular formula is C30H25F6NO8S3. The topological polar surface area (TPSA) is 108 Å². The van der Waals surface area contributed by atoms with Crippen LogP contribution in [0.15, 0.2) is 60.7 Å². The summed E-state index contributed by atoms with van der Waals surface area (Å²) in [5, 5.41) is 0.476. The molecule has 1 atom stereocenters. The first-order valence-corrected chi connectivity index (χ1v) is 18.0. The zero-order chi connectivity index (χ0) is 34.5. The van der Waals surface area contributed by atoms with Crippen molar-refractivity contribution in [2.24, 2.45) is 0 Å². The predicted molar refractivity (Wildman–Crippen MR) is 163 cm³/mol. The van der Waals surface area contributed by atoms with Gasteiger partial charge in [0.05, 0.1) is 0 Å². The molecule has 258 valence electrons. The molecule has 1 unspecified atom stereocenters. The van der Waals surface area contributed by atoms with E-state index in [0.29, 0.717) is 44.0 Å². The van der Waals surface area contributed by atoms with Crippen LogP contribution in [0, 0.1) is 0 Å². The van der Waals surface area contributed by atoms with Crippen molar-refractivity contribution in [3.8, 4) is 33.4 Å². The molecule has 3 heterocycles. The van der Waals surface area contributed by atoms with Crippen LogP contribution in [0.1, 0.15) is 36.5 Å². The van der Waals surface area contributed by atoms with E-state index in [1.54, 1.807) is 24.3 Å². The van der Waals surface area contributed by atoms with E-state index in [-0.39, 0.29) is 5.75 Å². The number of likely N-dealkylation sites (tertiary alicyclic amines) is 1. The monoisotopic (exact) mass is 737 g/mol. The number of rotatable bonds is 9. The summed E-state index contributed by atoms with van der Waals surface area (Å²) in [5.41, 5.74) is -9.93. The van der Waals surface area contributed by atoms with Crippen LogP contribution in [0.25, 0.3) is 20.5 Å². The summed E-state index contributed by atoms with van der Waals surface area (Å²) in [6.07, 6.45) is 2.56. The van der Waals surface area contributed by atoms with Crippen molar-refractivity contribution in [3.05, 3.63) is 71.8 Å². The third-order valence-electron chi connectivity index (χ3n) is 7.69. The number of thiophene rings is 1. The van der Waals surface area contributed by atoms with Crippen LogP contribution in [0.5, 0.6) is 23.0 Å². The van der Waals surface area contributed by atoms with Gasteiger partial charge in [0, 0.05) is 38.7 Å². The van der Waals surface area contributed by atoms with Gasteiger partial charge in [0.15, 0.2) is 6.10 Å². The van der Waals surface area contributed by atoms with Crippen LogP contribution in [0.3, 0.4) is 0 Å². The number of halogens is 6. The Hall–Kier alpha value is -3.74. The number of piperidine rings is 1. The lowest BCUT2D eigenvalue weighted by Gasteiger charge is -2.28. The average Bonchev–Trinajstić information content (AvgIpc) is 3.39. The molecule has 0 amide bonds. The maximum absolute atomic E-state index is 13.0. The second kappa shape index (κ2) is 12.6. The molecule has 1 saturated heterocycles. The maximum atomic E-state index is 13.0. The zero-order valence-electron chi connectivity index (χ0n) is 24.5. The quantitative estimate of drug-likeness (QED) is 0.0989. The Labute approximate surface area is 274 Å². The van der Waals surface area contributed by atoms with Gasteiger partial charge in [-0.1, -0.05) is 18.6 Å². The Bertz CT molecular complexity index is 2040. The average molecular weight is 738 g/mol. The minimum Gasteiger partial charge on any atom is -0.492 e. The number of hydrogen-bond donors (Lipinski definition) is 0. The number of fused-ring (bicyclic) bond motifs is 5. The normalized spacial score (nSPS) is 17.3. The second-order valence-electron chi connectivity index (χ2n) is 10.9. The van der Waals surface area contributed by atoms with Gasteiger partial charge in [-0.3, -0.25) is 4.90 Å². The lowest BCUT2D eigenvalue weighted by atomic mass is 9.93. The molecule has 6 rings (SSSR count). The molecule has 18 heteroatoms. The van der Waals surface area contributed by atoms with E-state index in [1.165, 1.54) is 18.6 Å². The summed E-state index contributed by atoms with van der Waals surface area (Å²) in [7, 11) is -11.9. The highest BCUT2D eigenvalue weighted by atomic mass is 32.2. The highest BCUT2D eigenvalue weighted by Crippen LogP contribution is 2.53. The van der Waals surface area contributed by atoms with E-state index in [0.717, 1.165) is 68.1 Å². The fourth-order valence-corrected chi connectivity index (χ4v) is 7.62. The van der Waals surface area contributed by atoms with Gasteiger partial charge in [-0.15, -0.1) is 11.3 Å². The minimum absolute atomic E-state index is 0.0353. The summed E-state index contributed by atoms with van der Waals surface area (Å²) < 4.78 is 145. The van der Waals surface area contributed by atoms with E-state index < -0.39 is 48.9 Å². The summed E-state index contributed by atoms with van der Waals surface area (Å²) in [5.74, 6) is -0.724. The molecule has 0 radical (unpaired) electrons. The van der Waals surface area contributed by atoms with Crippen LogP contribution < -0.4 is 17.8 Å². The summed E-state index contributed by atoms with van der Waals surface area (Å²) in [6.45, 7) is 3.25. The minimum atomic E-state index is -5.99. The summed E-state index contributed by atoms with van der Waals surface area (Å²) in [4.78, 5) is 2.81. The molecule has 2 aliphatic heterocycles. The Kier molecular flexibility index (Phi) is 8.97. The van der Waals surface area contributed by atoms with Gasteiger partial charge in [-0.2, -0.15) is 43.2 Å². The molecular weight excluding hydrogens is 713 g/mol. The first-order valence-electron chi connectivity index (χ1n) is 14.4. The molecule has 9 nitrogen and oxygen atoms in total. The van der Waals surface area contributed by atoms with E-state index in [1.807, 2.05) is 0 Å².